The van der Waals surface area contributed by atoms with Crippen LogP contribution in [0.4, 0.5) is 17.1 Å². The Bertz CT molecular complexity index is 942. The molecule has 9 heteroatoms. The average Bonchev–Trinajstić information content (AvgIpc) is 3.04. The topological polar surface area (TPSA) is 134 Å². The number of nitrogen functional groups attached to an aromatic ring is 1. The van der Waals surface area contributed by atoms with Gasteiger partial charge in [-0.05, 0) is 49.2 Å². The van der Waals surface area contributed by atoms with Crippen LogP contribution in [0, 0.1) is 6.92 Å². The quantitative estimate of drug-likeness (QED) is 0.557. The first-order chi connectivity index (χ1) is 12.3. The van der Waals surface area contributed by atoms with Gasteiger partial charge in [0.25, 0.3) is 0 Å². The minimum absolute atomic E-state index is 0.0950. The zero-order valence-electron chi connectivity index (χ0n) is 14.3. The highest BCUT2D eigenvalue weighted by molar-refractivity contribution is 7.89. The number of anilines is 1. The third kappa shape index (κ3) is 3.69. The van der Waals surface area contributed by atoms with Gasteiger partial charge in [0.05, 0.1) is 16.3 Å². The zero-order valence-corrected chi connectivity index (χ0v) is 15.1. The summed E-state index contributed by atoms with van der Waals surface area (Å²) in [6.45, 7) is 2.51. The molecule has 1 aliphatic rings. The number of rotatable bonds is 4. The molecule has 0 bridgehead atoms. The van der Waals surface area contributed by atoms with E-state index in [4.69, 9.17) is 11.5 Å². The van der Waals surface area contributed by atoms with Crippen LogP contribution in [0.2, 0.25) is 0 Å². The van der Waals surface area contributed by atoms with E-state index in [1.54, 1.807) is 25.1 Å². The largest absolute Gasteiger partial charge is 0.508 e. The van der Waals surface area contributed by atoms with Gasteiger partial charge in [0.2, 0.25) is 10.0 Å². The summed E-state index contributed by atoms with van der Waals surface area (Å²) in [5.74, 6) is 0.0950. The van der Waals surface area contributed by atoms with Gasteiger partial charge in [0.15, 0.2) is 0 Å². The van der Waals surface area contributed by atoms with Gasteiger partial charge in [0.1, 0.15) is 11.4 Å². The Morgan fingerprint density at radius 2 is 1.88 bits per heavy atom. The highest BCUT2D eigenvalue weighted by Crippen LogP contribution is 2.31. The van der Waals surface area contributed by atoms with E-state index in [0.717, 1.165) is 0 Å². The molecule has 1 saturated heterocycles. The van der Waals surface area contributed by atoms with E-state index in [1.807, 2.05) is 0 Å². The maximum Gasteiger partial charge on any atom is 0.243 e. The number of sulfonamides is 1. The van der Waals surface area contributed by atoms with E-state index in [9.17, 15) is 13.5 Å². The number of aromatic hydroxyl groups is 1. The Morgan fingerprint density at radius 3 is 2.50 bits per heavy atom. The van der Waals surface area contributed by atoms with Crippen molar-refractivity contribution in [2.75, 3.05) is 18.8 Å². The maximum absolute atomic E-state index is 12.6. The number of nitrogens with two attached hydrogens (primary N) is 2. The summed E-state index contributed by atoms with van der Waals surface area (Å²) < 4.78 is 26.5. The number of nitrogens with zero attached hydrogens (tertiary/aromatic N) is 3. The summed E-state index contributed by atoms with van der Waals surface area (Å²) in [4.78, 5) is 0.200. The molecule has 1 atom stereocenters. The first-order valence-electron chi connectivity index (χ1n) is 8.14. The zero-order chi connectivity index (χ0) is 18.9. The molecule has 8 nitrogen and oxygen atoms in total. The lowest BCUT2D eigenvalue weighted by atomic mass is 10.2. The second-order valence-electron chi connectivity index (χ2n) is 6.30. The SMILES string of the molecule is Cc1cc(N=Nc2ccc(S(=O)(=O)N3CCC(N)C3)cc2)c(N)cc1O. The Labute approximate surface area is 152 Å². The number of hydrogen-bond donors (Lipinski definition) is 3. The van der Waals surface area contributed by atoms with Crippen molar-refractivity contribution in [3.8, 4) is 5.75 Å². The van der Waals surface area contributed by atoms with Gasteiger partial charge in [-0.1, -0.05) is 0 Å². The Balaban J connectivity index is 1.79. The summed E-state index contributed by atoms with van der Waals surface area (Å²) in [5, 5.41) is 17.7. The van der Waals surface area contributed by atoms with Crippen molar-refractivity contribution >= 4 is 27.1 Å². The molecule has 0 aliphatic carbocycles. The number of aryl methyl sites for hydroxylation is 1. The molecular weight excluding hydrogens is 354 g/mol. The van der Waals surface area contributed by atoms with Gasteiger partial charge in [-0.2, -0.15) is 9.42 Å². The van der Waals surface area contributed by atoms with E-state index >= 15 is 0 Å². The van der Waals surface area contributed by atoms with E-state index < -0.39 is 10.0 Å². The summed E-state index contributed by atoms with van der Waals surface area (Å²) in [6.07, 6.45) is 0.666. The third-order valence-electron chi connectivity index (χ3n) is 4.28. The minimum Gasteiger partial charge on any atom is -0.508 e. The summed E-state index contributed by atoms with van der Waals surface area (Å²) in [6, 6.07) is 9.09. The second kappa shape index (κ2) is 7.02. The molecule has 1 unspecified atom stereocenters. The number of hydrogen-bond acceptors (Lipinski definition) is 7. The lowest BCUT2D eigenvalue weighted by Crippen LogP contribution is -2.31. The van der Waals surface area contributed by atoms with Crippen LogP contribution in [0.1, 0.15) is 12.0 Å². The summed E-state index contributed by atoms with van der Waals surface area (Å²) >= 11 is 0. The minimum atomic E-state index is -3.54. The van der Waals surface area contributed by atoms with Crippen LogP contribution in [-0.2, 0) is 10.0 Å². The second-order valence-corrected chi connectivity index (χ2v) is 8.24. The molecule has 1 heterocycles. The van der Waals surface area contributed by atoms with Crippen molar-refractivity contribution < 1.29 is 13.5 Å². The van der Waals surface area contributed by atoms with Crippen molar-refractivity contribution in [3.63, 3.8) is 0 Å². The number of phenolic OH excluding ortho intramolecular Hbond substituents is 1. The van der Waals surface area contributed by atoms with Crippen LogP contribution < -0.4 is 11.5 Å². The van der Waals surface area contributed by atoms with Gasteiger partial charge in [-0.15, -0.1) is 5.11 Å². The standard InChI is InChI=1S/C17H21N5O3S/c1-11-8-16(15(19)9-17(11)23)21-20-13-2-4-14(5-3-13)26(24,25)22-7-6-12(18)10-22/h2-5,8-9,12,23H,6-7,10,18-19H2,1H3. The maximum atomic E-state index is 12.6. The summed E-state index contributed by atoms with van der Waals surface area (Å²) in [5.41, 5.74) is 13.5. The van der Waals surface area contributed by atoms with E-state index in [2.05, 4.69) is 10.2 Å². The molecule has 0 radical (unpaired) electrons. The highest BCUT2D eigenvalue weighted by Gasteiger charge is 2.30. The number of benzene rings is 2. The highest BCUT2D eigenvalue weighted by atomic mass is 32.2. The van der Waals surface area contributed by atoms with Crippen LogP contribution in [0.5, 0.6) is 5.75 Å². The fraction of sp³-hybridized carbons (Fsp3) is 0.294. The molecule has 5 N–H and O–H groups in total. The fourth-order valence-corrected chi connectivity index (χ4v) is 4.21. The first-order valence-corrected chi connectivity index (χ1v) is 9.58. The van der Waals surface area contributed by atoms with E-state index in [-0.39, 0.29) is 16.7 Å². The van der Waals surface area contributed by atoms with Crippen LogP contribution in [-0.4, -0.2) is 37.0 Å². The molecule has 0 aromatic heterocycles. The molecule has 2 aromatic rings. The van der Waals surface area contributed by atoms with Gasteiger partial charge in [-0.3, -0.25) is 0 Å². The molecule has 0 spiro atoms. The summed E-state index contributed by atoms with van der Waals surface area (Å²) in [7, 11) is -3.54. The molecule has 138 valence electrons. The van der Waals surface area contributed by atoms with E-state index in [1.165, 1.54) is 22.5 Å². The van der Waals surface area contributed by atoms with Crippen molar-refractivity contribution in [2.24, 2.45) is 16.0 Å². The van der Waals surface area contributed by atoms with Crippen molar-refractivity contribution in [2.45, 2.75) is 24.3 Å². The van der Waals surface area contributed by atoms with Crippen molar-refractivity contribution in [1.29, 1.82) is 0 Å². The molecule has 26 heavy (non-hydrogen) atoms. The lowest BCUT2D eigenvalue weighted by Gasteiger charge is -2.15. The lowest BCUT2D eigenvalue weighted by molar-refractivity contribution is 0.471. The molecule has 2 aromatic carbocycles. The molecule has 0 saturated carbocycles. The molecule has 1 fully saturated rings. The van der Waals surface area contributed by atoms with Crippen molar-refractivity contribution in [1.82, 2.24) is 4.31 Å². The number of phenols is 1. The van der Waals surface area contributed by atoms with Crippen LogP contribution in [0.25, 0.3) is 0 Å². The molecule has 1 aliphatic heterocycles. The molecule has 3 rings (SSSR count). The predicted molar refractivity (Wildman–Crippen MR) is 99.2 cm³/mol. The monoisotopic (exact) mass is 375 g/mol. The Morgan fingerprint density at radius 1 is 1.19 bits per heavy atom. The Kier molecular flexibility index (Phi) is 4.94. The van der Waals surface area contributed by atoms with Crippen molar-refractivity contribution in [3.05, 3.63) is 42.0 Å². The van der Waals surface area contributed by atoms with Gasteiger partial charge >= 0.3 is 0 Å². The normalized spacial score (nSPS) is 18.6. The van der Waals surface area contributed by atoms with Crippen LogP contribution >= 0.6 is 0 Å². The number of azo groups is 1. The molecule has 0 amide bonds. The van der Waals surface area contributed by atoms with Gasteiger partial charge < -0.3 is 16.6 Å². The van der Waals surface area contributed by atoms with Gasteiger partial charge in [-0.25, -0.2) is 8.42 Å². The predicted octanol–water partition coefficient (Wildman–Crippen LogP) is 2.42. The average molecular weight is 375 g/mol. The van der Waals surface area contributed by atoms with Crippen LogP contribution in [0.15, 0.2) is 51.5 Å². The van der Waals surface area contributed by atoms with E-state index in [0.29, 0.717) is 42.1 Å². The third-order valence-corrected chi connectivity index (χ3v) is 6.16. The van der Waals surface area contributed by atoms with Crippen LogP contribution in [0.3, 0.4) is 0 Å². The fourth-order valence-electron chi connectivity index (χ4n) is 2.70. The smallest absolute Gasteiger partial charge is 0.243 e. The first kappa shape index (κ1) is 18.3. The Hall–Kier alpha value is -2.49. The van der Waals surface area contributed by atoms with Gasteiger partial charge in [0, 0.05) is 25.2 Å². The molecular formula is C17H21N5O3S.